The summed E-state index contributed by atoms with van der Waals surface area (Å²) < 4.78 is 4.67. The van der Waals surface area contributed by atoms with Crippen LogP contribution in [0.25, 0.3) is 66.5 Å². The first-order valence-electron chi connectivity index (χ1n) is 15.0. The number of benzene rings is 4. The summed E-state index contributed by atoms with van der Waals surface area (Å²) in [4.78, 5) is 14.9. The van der Waals surface area contributed by atoms with Gasteiger partial charge >= 0.3 is 0 Å². The zero-order chi connectivity index (χ0) is 29.0. The first-order valence-corrected chi connectivity index (χ1v) is 15.0. The van der Waals surface area contributed by atoms with Gasteiger partial charge in [-0.3, -0.25) is 14.1 Å². The van der Waals surface area contributed by atoms with Crippen LogP contribution in [0, 0.1) is 0 Å². The lowest BCUT2D eigenvalue weighted by atomic mass is 10.1. The fraction of sp³-hybridized carbons (Fsp3) is 0.0513. The van der Waals surface area contributed by atoms with E-state index in [-0.39, 0.29) is 0 Å². The van der Waals surface area contributed by atoms with Crippen molar-refractivity contribution in [2.75, 3.05) is 0 Å². The minimum absolute atomic E-state index is 0.851. The van der Waals surface area contributed by atoms with E-state index in [2.05, 4.69) is 123 Å². The molecule has 1 aliphatic heterocycles. The standard InChI is InChI=1S/C39H27N5/c1-2-12-26(13-3-1)31-17-10-21-38(41-31)43-34-19-6-4-14-27(34)29-25-37-30(24-36(29)43)28-15-5-7-20-35(28)44(37)39-22-11-18-33(42-39)32-16-8-9-23-40-32/h1-9,11-20,22-25H,10,21H2. The lowest BCUT2D eigenvalue weighted by Crippen LogP contribution is -2.14. The highest BCUT2D eigenvalue weighted by molar-refractivity contribution is 6.21. The van der Waals surface area contributed by atoms with Gasteiger partial charge in [0.2, 0.25) is 0 Å². The first kappa shape index (κ1) is 24.8. The van der Waals surface area contributed by atoms with Gasteiger partial charge in [0.15, 0.2) is 0 Å². The third-order valence-electron chi connectivity index (χ3n) is 8.64. The Morgan fingerprint density at radius 1 is 0.523 bits per heavy atom. The van der Waals surface area contributed by atoms with Gasteiger partial charge in [0, 0.05) is 34.2 Å². The predicted octanol–water partition coefficient (Wildman–Crippen LogP) is 9.43. The van der Waals surface area contributed by atoms with Crippen molar-refractivity contribution in [1.29, 1.82) is 0 Å². The number of para-hydroxylation sites is 2. The van der Waals surface area contributed by atoms with Crippen molar-refractivity contribution in [3.63, 3.8) is 0 Å². The van der Waals surface area contributed by atoms with E-state index >= 15 is 0 Å². The second-order valence-electron chi connectivity index (χ2n) is 11.2. The molecule has 8 aromatic rings. The number of rotatable bonds is 3. The van der Waals surface area contributed by atoms with Gasteiger partial charge in [-0.15, -0.1) is 0 Å². The van der Waals surface area contributed by atoms with Gasteiger partial charge in [0.05, 0.1) is 39.2 Å². The van der Waals surface area contributed by atoms with Crippen LogP contribution in [0.3, 0.4) is 0 Å². The molecule has 4 aromatic heterocycles. The predicted molar refractivity (Wildman–Crippen MR) is 181 cm³/mol. The molecule has 208 valence electrons. The number of aliphatic imine (C=N–C) groups is 1. The maximum Gasteiger partial charge on any atom is 0.138 e. The zero-order valence-corrected chi connectivity index (χ0v) is 23.9. The van der Waals surface area contributed by atoms with Crippen LogP contribution in [0.1, 0.15) is 18.4 Å². The second kappa shape index (κ2) is 9.89. The first-order chi connectivity index (χ1) is 21.8. The van der Waals surface area contributed by atoms with Gasteiger partial charge in [-0.1, -0.05) is 84.9 Å². The molecule has 44 heavy (non-hydrogen) atoms. The number of fused-ring (bicyclic) bond motifs is 6. The molecule has 1 aliphatic rings. The third kappa shape index (κ3) is 3.83. The van der Waals surface area contributed by atoms with Gasteiger partial charge < -0.3 is 0 Å². The molecule has 0 fully saturated rings. The number of allylic oxidation sites excluding steroid dienone is 1. The SMILES string of the molecule is C1=C(c2ccccc2)N=C(n2c3ccccc3c3cc4c(cc32)c2ccccc2n4-c2cccc(-c3ccccn3)n2)CC1. The summed E-state index contributed by atoms with van der Waals surface area (Å²) in [5, 5.41) is 4.81. The van der Waals surface area contributed by atoms with Gasteiger partial charge in [-0.25, -0.2) is 9.98 Å². The lowest BCUT2D eigenvalue weighted by Gasteiger charge is -2.16. The van der Waals surface area contributed by atoms with E-state index in [9.17, 15) is 0 Å². The lowest BCUT2D eigenvalue weighted by molar-refractivity contribution is 1.01. The molecule has 0 spiro atoms. The van der Waals surface area contributed by atoms with Gasteiger partial charge in [-0.05, 0) is 60.5 Å². The fourth-order valence-corrected chi connectivity index (χ4v) is 6.69. The van der Waals surface area contributed by atoms with E-state index in [4.69, 9.17) is 9.98 Å². The minimum Gasteiger partial charge on any atom is -0.297 e. The Labute approximate surface area is 254 Å². The molecule has 5 heterocycles. The molecule has 0 N–H and O–H groups in total. The van der Waals surface area contributed by atoms with E-state index in [0.29, 0.717) is 0 Å². The number of aromatic nitrogens is 4. The van der Waals surface area contributed by atoms with Gasteiger partial charge in [0.25, 0.3) is 0 Å². The Hall–Kier alpha value is -5.81. The summed E-state index contributed by atoms with van der Waals surface area (Å²) in [7, 11) is 0. The smallest absolute Gasteiger partial charge is 0.138 e. The molecule has 0 atom stereocenters. The normalized spacial score (nSPS) is 13.5. The molecule has 0 amide bonds. The van der Waals surface area contributed by atoms with Crippen molar-refractivity contribution < 1.29 is 0 Å². The molecule has 0 bridgehead atoms. The van der Waals surface area contributed by atoms with Gasteiger partial charge in [-0.2, -0.15) is 0 Å². The van der Waals surface area contributed by atoms with Crippen LogP contribution in [-0.2, 0) is 0 Å². The van der Waals surface area contributed by atoms with Crippen LogP contribution in [0.15, 0.2) is 145 Å². The van der Waals surface area contributed by atoms with Crippen molar-refractivity contribution in [2.45, 2.75) is 12.8 Å². The Balaban J connectivity index is 1.32. The Morgan fingerprint density at radius 2 is 1.18 bits per heavy atom. The van der Waals surface area contributed by atoms with E-state index < -0.39 is 0 Å². The summed E-state index contributed by atoms with van der Waals surface area (Å²) in [5.74, 6) is 1.95. The van der Waals surface area contributed by atoms with Crippen LogP contribution >= 0.6 is 0 Å². The molecular formula is C39H27N5. The maximum atomic E-state index is 5.25. The quantitative estimate of drug-likeness (QED) is 0.214. The van der Waals surface area contributed by atoms with Crippen LogP contribution in [-0.4, -0.2) is 24.9 Å². The Kier molecular flexibility index (Phi) is 5.56. The van der Waals surface area contributed by atoms with E-state index in [1.54, 1.807) is 0 Å². The molecule has 9 rings (SSSR count). The van der Waals surface area contributed by atoms with Crippen LogP contribution in [0.5, 0.6) is 0 Å². The highest BCUT2D eigenvalue weighted by Gasteiger charge is 2.21. The van der Waals surface area contributed by atoms with Gasteiger partial charge in [0.1, 0.15) is 11.7 Å². The molecule has 0 radical (unpaired) electrons. The monoisotopic (exact) mass is 565 g/mol. The molecular weight excluding hydrogens is 538 g/mol. The summed E-state index contributed by atoms with van der Waals surface area (Å²) in [6.07, 6.45) is 5.90. The molecule has 0 saturated heterocycles. The number of hydrogen-bond acceptors (Lipinski definition) is 3. The largest absolute Gasteiger partial charge is 0.297 e. The number of pyridine rings is 2. The Bertz CT molecular complexity index is 2430. The highest BCUT2D eigenvalue weighted by Crippen LogP contribution is 2.39. The summed E-state index contributed by atoms with van der Waals surface area (Å²) in [5.41, 5.74) is 8.50. The van der Waals surface area contributed by atoms with Crippen molar-refractivity contribution >= 4 is 55.1 Å². The molecule has 0 aliphatic carbocycles. The third-order valence-corrected chi connectivity index (χ3v) is 8.64. The number of hydrogen-bond donors (Lipinski definition) is 0. The molecule has 5 nitrogen and oxygen atoms in total. The molecule has 0 saturated carbocycles. The van der Waals surface area contributed by atoms with Crippen molar-refractivity contribution in [1.82, 2.24) is 19.1 Å². The highest BCUT2D eigenvalue weighted by atomic mass is 15.1. The minimum atomic E-state index is 0.851. The molecule has 4 aromatic carbocycles. The van der Waals surface area contributed by atoms with Crippen molar-refractivity contribution in [2.24, 2.45) is 4.99 Å². The summed E-state index contributed by atoms with van der Waals surface area (Å²) in [6, 6.07) is 44.6. The van der Waals surface area contributed by atoms with E-state index in [1.807, 2.05) is 30.5 Å². The maximum absolute atomic E-state index is 5.25. The zero-order valence-electron chi connectivity index (χ0n) is 23.9. The Morgan fingerprint density at radius 3 is 1.93 bits per heavy atom. The number of nitrogens with zero attached hydrogens (tertiary/aromatic N) is 5. The second-order valence-corrected chi connectivity index (χ2v) is 11.2. The van der Waals surface area contributed by atoms with E-state index in [0.717, 1.165) is 58.2 Å². The van der Waals surface area contributed by atoms with Crippen molar-refractivity contribution in [3.8, 4) is 17.2 Å². The molecule has 0 unspecified atom stereocenters. The summed E-state index contributed by atoms with van der Waals surface area (Å²) >= 11 is 0. The summed E-state index contributed by atoms with van der Waals surface area (Å²) in [6.45, 7) is 0. The average Bonchev–Trinajstić information content (AvgIpc) is 3.60. The van der Waals surface area contributed by atoms with Crippen molar-refractivity contribution in [3.05, 3.63) is 145 Å². The van der Waals surface area contributed by atoms with E-state index in [1.165, 1.54) is 32.6 Å². The van der Waals surface area contributed by atoms with Crippen LogP contribution in [0.2, 0.25) is 0 Å². The van der Waals surface area contributed by atoms with Crippen LogP contribution < -0.4 is 0 Å². The van der Waals surface area contributed by atoms with Crippen LogP contribution in [0.4, 0.5) is 0 Å². The fourth-order valence-electron chi connectivity index (χ4n) is 6.69. The topological polar surface area (TPSA) is 48.0 Å². The molecule has 5 heteroatoms. The average molecular weight is 566 g/mol.